The fourth-order valence-electron chi connectivity index (χ4n) is 1.72. The zero-order chi connectivity index (χ0) is 13.9. The highest BCUT2D eigenvalue weighted by Crippen LogP contribution is 2.13. The molecule has 0 aliphatic carbocycles. The molecular formula is C15H24N2O2. The molecule has 4 heteroatoms. The average Bonchev–Trinajstić information content (AvgIpc) is 2.46. The van der Waals surface area contributed by atoms with Crippen molar-refractivity contribution in [1.82, 2.24) is 5.32 Å². The predicted octanol–water partition coefficient (Wildman–Crippen LogP) is 2.66. The predicted molar refractivity (Wildman–Crippen MR) is 78.7 cm³/mol. The SMILES string of the molecule is CCCCOCCCNC(=O)c1ccccc1NC. The van der Waals surface area contributed by atoms with Crippen LogP contribution in [0.15, 0.2) is 24.3 Å². The van der Waals surface area contributed by atoms with Gasteiger partial charge in [0.05, 0.1) is 5.56 Å². The molecule has 19 heavy (non-hydrogen) atoms. The summed E-state index contributed by atoms with van der Waals surface area (Å²) in [6.45, 7) is 4.30. The second-order valence-corrected chi connectivity index (χ2v) is 4.37. The van der Waals surface area contributed by atoms with E-state index in [-0.39, 0.29) is 5.91 Å². The highest BCUT2D eigenvalue weighted by atomic mass is 16.5. The highest BCUT2D eigenvalue weighted by Gasteiger charge is 2.08. The molecule has 0 aliphatic heterocycles. The van der Waals surface area contributed by atoms with Crippen LogP contribution in [0.2, 0.25) is 0 Å². The van der Waals surface area contributed by atoms with E-state index in [2.05, 4.69) is 17.6 Å². The van der Waals surface area contributed by atoms with E-state index < -0.39 is 0 Å². The molecule has 0 fully saturated rings. The minimum Gasteiger partial charge on any atom is -0.387 e. The van der Waals surface area contributed by atoms with E-state index in [0.29, 0.717) is 18.7 Å². The van der Waals surface area contributed by atoms with E-state index in [4.69, 9.17) is 4.74 Å². The van der Waals surface area contributed by atoms with E-state index in [1.807, 2.05) is 31.3 Å². The first-order chi connectivity index (χ1) is 9.29. The van der Waals surface area contributed by atoms with Crippen molar-refractivity contribution in [1.29, 1.82) is 0 Å². The maximum absolute atomic E-state index is 12.0. The number of hydrogen-bond donors (Lipinski definition) is 2. The molecular weight excluding hydrogens is 240 g/mol. The Morgan fingerprint density at radius 3 is 2.68 bits per heavy atom. The average molecular weight is 264 g/mol. The number of unbranched alkanes of at least 4 members (excludes halogenated alkanes) is 1. The standard InChI is InChI=1S/C15H24N2O2/c1-3-4-11-19-12-7-10-17-15(18)13-8-5-6-9-14(13)16-2/h5-6,8-9,16H,3-4,7,10-12H2,1-2H3,(H,17,18). The molecule has 0 heterocycles. The lowest BCUT2D eigenvalue weighted by Gasteiger charge is -2.09. The van der Waals surface area contributed by atoms with Gasteiger partial charge >= 0.3 is 0 Å². The maximum atomic E-state index is 12.0. The Morgan fingerprint density at radius 1 is 1.21 bits per heavy atom. The molecule has 0 radical (unpaired) electrons. The van der Waals surface area contributed by atoms with E-state index in [9.17, 15) is 4.79 Å². The summed E-state index contributed by atoms with van der Waals surface area (Å²) in [6, 6.07) is 7.48. The molecule has 2 N–H and O–H groups in total. The largest absolute Gasteiger partial charge is 0.387 e. The Hall–Kier alpha value is -1.55. The van der Waals surface area contributed by atoms with Crippen LogP contribution in [0.1, 0.15) is 36.5 Å². The van der Waals surface area contributed by atoms with Gasteiger partial charge in [-0.05, 0) is 25.0 Å². The molecule has 1 aromatic carbocycles. The Bertz CT molecular complexity index is 380. The molecule has 0 aliphatic rings. The van der Waals surface area contributed by atoms with E-state index in [0.717, 1.165) is 31.6 Å². The summed E-state index contributed by atoms with van der Waals surface area (Å²) < 4.78 is 5.44. The summed E-state index contributed by atoms with van der Waals surface area (Å²) in [4.78, 5) is 12.0. The summed E-state index contributed by atoms with van der Waals surface area (Å²) in [5.74, 6) is -0.0430. The molecule has 1 rings (SSSR count). The summed E-state index contributed by atoms with van der Waals surface area (Å²) in [6.07, 6.45) is 3.09. The number of ether oxygens (including phenoxy) is 1. The number of hydrogen-bond acceptors (Lipinski definition) is 3. The number of carbonyl (C=O) groups is 1. The van der Waals surface area contributed by atoms with Gasteiger partial charge in [0.2, 0.25) is 0 Å². The van der Waals surface area contributed by atoms with Crippen molar-refractivity contribution >= 4 is 11.6 Å². The fraction of sp³-hybridized carbons (Fsp3) is 0.533. The first-order valence-electron chi connectivity index (χ1n) is 6.92. The third-order valence-electron chi connectivity index (χ3n) is 2.83. The van der Waals surface area contributed by atoms with Crippen LogP contribution >= 0.6 is 0 Å². The number of nitrogens with one attached hydrogen (secondary N) is 2. The molecule has 0 unspecified atom stereocenters. The number of para-hydroxylation sites is 1. The van der Waals surface area contributed by atoms with E-state index >= 15 is 0 Å². The molecule has 0 spiro atoms. The lowest BCUT2D eigenvalue weighted by Crippen LogP contribution is -2.26. The minimum absolute atomic E-state index is 0.0430. The van der Waals surface area contributed by atoms with Crippen LogP contribution in [-0.4, -0.2) is 32.7 Å². The van der Waals surface area contributed by atoms with E-state index in [1.54, 1.807) is 0 Å². The topological polar surface area (TPSA) is 50.4 Å². The van der Waals surface area contributed by atoms with Gasteiger partial charge in [0.25, 0.3) is 5.91 Å². The smallest absolute Gasteiger partial charge is 0.253 e. The van der Waals surface area contributed by atoms with Crippen molar-refractivity contribution in [2.75, 3.05) is 32.1 Å². The lowest BCUT2D eigenvalue weighted by molar-refractivity contribution is 0.0941. The molecule has 4 nitrogen and oxygen atoms in total. The number of amides is 1. The first-order valence-corrected chi connectivity index (χ1v) is 6.92. The van der Waals surface area contributed by atoms with Gasteiger partial charge in [0, 0.05) is 32.5 Å². The van der Waals surface area contributed by atoms with Crippen molar-refractivity contribution in [2.45, 2.75) is 26.2 Å². The first kappa shape index (κ1) is 15.5. The Balaban J connectivity index is 2.24. The van der Waals surface area contributed by atoms with Crippen molar-refractivity contribution in [3.05, 3.63) is 29.8 Å². The van der Waals surface area contributed by atoms with Gasteiger partial charge in [-0.1, -0.05) is 25.5 Å². The second kappa shape index (κ2) is 9.39. The molecule has 0 saturated heterocycles. The third kappa shape index (κ3) is 5.75. The van der Waals surface area contributed by atoms with Crippen LogP contribution in [-0.2, 0) is 4.74 Å². The molecule has 0 saturated carbocycles. The van der Waals surface area contributed by atoms with Crippen LogP contribution < -0.4 is 10.6 Å². The fourth-order valence-corrected chi connectivity index (χ4v) is 1.72. The van der Waals surface area contributed by atoms with E-state index in [1.165, 1.54) is 0 Å². The van der Waals surface area contributed by atoms with Gasteiger partial charge in [-0.25, -0.2) is 0 Å². The lowest BCUT2D eigenvalue weighted by atomic mass is 10.1. The normalized spacial score (nSPS) is 10.2. The van der Waals surface area contributed by atoms with Crippen LogP contribution in [0.3, 0.4) is 0 Å². The van der Waals surface area contributed by atoms with Gasteiger partial charge in [0.15, 0.2) is 0 Å². The van der Waals surface area contributed by atoms with Crippen molar-refractivity contribution in [2.24, 2.45) is 0 Å². The molecule has 0 aromatic heterocycles. The van der Waals surface area contributed by atoms with Crippen LogP contribution in [0, 0.1) is 0 Å². The van der Waals surface area contributed by atoms with Crippen molar-refractivity contribution in [3.8, 4) is 0 Å². The number of benzene rings is 1. The van der Waals surface area contributed by atoms with Crippen molar-refractivity contribution < 1.29 is 9.53 Å². The van der Waals surface area contributed by atoms with Gasteiger partial charge in [0.1, 0.15) is 0 Å². The van der Waals surface area contributed by atoms with Gasteiger partial charge < -0.3 is 15.4 Å². The van der Waals surface area contributed by atoms with Gasteiger partial charge in [-0.15, -0.1) is 0 Å². The summed E-state index contributed by atoms with van der Waals surface area (Å²) in [5.41, 5.74) is 1.52. The number of anilines is 1. The van der Waals surface area contributed by atoms with Gasteiger partial charge in [-0.2, -0.15) is 0 Å². The summed E-state index contributed by atoms with van der Waals surface area (Å²) >= 11 is 0. The van der Waals surface area contributed by atoms with Crippen LogP contribution in [0.5, 0.6) is 0 Å². The van der Waals surface area contributed by atoms with Crippen LogP contribution in [0.25, 0.3) is 0 Å². The summed E-state index contributed by atoms with van der Waals surface area (Å²) in [7, 11) is 1.81. The molecule has 1 aromatic rings. The highest BCUT2D eigenvalue weighted by molar-refractivity contribution is 5.99. The maximum Gasteiger partial charge on any atom is 0.253 e. The molecule has 1 amide bonds. The molecule has 0 bridgehead atoms. The zero-order valence-corrected chi connectivity index (χ0v) is 11.9. The number of rotatable bonds is 9. The van der Waals surface area contributed by atoms with Crippen LogP contribution in [0.4, 0.5) is 5.69 Å². The molecule has 106 valence electrons. The zero-order valence-electron chi connectivity index (χ0n) is 11.9. The summed E-state index contributed by atoms with van der Waals surface area (Å²) in [5, 5.41) is 5.92. The second-order valence-electron chi connectivity index (χ2n) is 4.37. The Morgan fingerprint density at radius 2 is 1.95 bits per heavy atom. The van der Waals surface area contributed by atoms with Crippen molar-refractivity contribution in [3.63, 3.8) is 0 Å². The Labute approximate surface area is 115 Å². The quantitative estimate of drug-likeness (QED) is 0.674. The monoisotopic (exact) mass is 264 g/mol. The third-order valence-corrected chi connectivity index (χ3v) is 2.83. The van der Waals surface area contributed by atoms with Gasteiger partial charge in [-0.3, -0.25) is 4.79 Å². The molecule has 0 atom stereocenters. The Kier molecular flexibility index (Phi) is 7.66. The minimum atomic E-state index is -0.0430. The number of carbonyl (C=O) groups excluding carboxylic acids is 1.